The first kappa shape index (κ1) is 8.84. The lowest BCUT2D eigenvalue weighted by Gasteiger charge is -2.22. The Hall–Kier alpha value is -1.25. The van der Waals surface area contributed by atoms with Crippen molar-refractivity contribution < 1.29 is 14.6 Å². The van der Waals surface area contributed by atoms with Crippen LogP contribution in [-0.2, 0) is 6.42 Å². The predicted octanol–water partition coefficient (Wildman–Crippen LogP) is 0.925. The fourth-order valence-corrected chi connectivity index (χ4v) is 1.07. The third kappa shape index (κ3) is 1.49. The Morgan fingerprint density at radius 1 is 1.33 bits per heavy atom. The van der Waals surface area contributed by atoms with E-state index in [0.29, 0.717) is 12.8 Å². The van der Waals surface area contributed by atoms with Crippen molar-refractivity contribution in [3.8, 4) is 11.5 Å². The van der Waals surface area contributed by atoms with Crippen molar-refractivity contribution in [1.29, 1.82) is 0 Å². The van der Waals surface area contributed by atoms with E-state index < -0.39 is 17.3 Å². The molecule has 0 aliphatic rings. The largest absolute Gasteiger partial charge is 0.873 e. The molecule has 1 rings (SSSR count). The first-order valence-electron chi connectivity index (χ1n) is 3.82. The molecule has 0 spiro atoms. The summed E-state index contributed by atoms with van der Waals surface area (Å²) in [7, 11) is 0. The highest BCUT2D eigenvalue weighted by atomic mass is 19.1. The van der Waals surface area contributed by atoms with E-state index in [1.807, 2.05) is 6.92 Å². The molecule has 0 heterocycles. The first-order chi connectivity index (χ1) is 5.66. The van der Waals surface area contributed by atoms with Crippen molar-refractivity contribution in [1.82, 2.24) is 0 Å². The number of halogens is 1. The van der Waals surface area contributed by atoms with E-state index in [-0.39, 0.29) is 5.56 Å². The molecule has 0 fully saturated rings. The van der Waals surface area contributed by atoms with E-state index in [0.717, 1.165) is 12.1 Å². The summed E-state index contributed by atoms with van der Waals surface area (Å²) in [6, 6.07) is 2.02. The molecule has 2 nitrogen and oxygen atoms in total. The fraction of sp³-hybridized carbons (Fsp3) is 0.333. The highest BCUT2D eigenvalue weighted by Crippen LogP contribution is 2.26. The number of hydrogen-bond acceptors (Lipinski definition) is 2. The summed E-state index contributed by atoms with van der Waals surface area (Å²) in [6.45, 7) is 1.83. The summed E-state index contributed by atoms with van der Waals surface area (Å²) >= 11 is 0. The summed E-state index contributed by atoms with van der Waals surface area (Å²) < 4.78 is 12.9. The van der Waals surface area contributed by atoms with Gasteiger partial charge in [0.05, 0.1) is 0 Å². The molecule has 0 saturated carbocycles. The molecule has 0 amide bonds. The molecule has 0 aliphatic carbocycles. The third-order valence-electron chi connectivity index (χ3n) is 1.67. The Morgan fingerprint density at radius 3 is 2.58 bits per heavy atom. The van der Waals surface area contributed by atoms with Gasteiger partial charge < -0.3 is 10.2 Å². The number of rotatable bonds is 2. The Kier molecular flexibility index (Phi) is 2.53. The molecular formula is C9H9FO2-2. The van der Waals surface area contributed by atoms with Crippen LogP contribution in [0.1, 0.15) is 18.9 Å². The normalized spacial score (nSPS) is 10.2. The highest BCUT2D eigenvalue weighted by molar-refractivity contribution is 5.43. The lowest BCUT2D eigenvalue weighted by molar-refractivity contribution is -0.318. The van der Waals surface area contributed by atoms with Gasteiger partial charge in [-0.2, -0.15) is 0 Å². The van der Waals surface area contributed by atoms with Crippen molar-refractivity contribution in [3.05, 3.63) is 23.5 Å². The topological polar surface area (TPSA) is 46.1 Å². The minimum Gasteiger partial charge on any atom is -0.873 e. The molecule has 0 bridgehead atoms. The van der Waals surface area contributed by atoms with Crippen molar-refractivity contribution in [2.75, 3.05) is 0 Å². The van der Waals surface area contributed by atoms with Crippen molar-refractivity contribution in [2.45, 2.75) is 19.8 Å². The van der Waals surface area contributed by atoms with Crippen molar-refractivity contribution in [3.63, 3.8) is 0 Å². The molecule has 66 valence electrons. The van der Waals surface area contributed by atoms with Gasteiger partial charge in [0, 0.05) is 0 Å². The fourth-order valence-electron chi connectivity index (χ4n) is 1.07. The molecule has 12 heavy (non-hydrogen) atoms. The van der Waals surface area contributed by atoms with Crippen LogP contribution >= 0.6 is 0 Å². The van der Waals surface area contributed by atoms with Gasteiger partial charge in [0.15, 0.2) is 0 Å². The molecule has 1 aromatic carbocycles. The van der Waals surface area contributed by atoms with Gasteiger partial charge in [-0.1, -0.05) is 19.4 Å². The molecule has 1 aromatic rings. The van der Waals surface area contributed by atoms with Crippen LogP contribution < -0.4 is 10.2 Å². The summed E-state index contributed by atoms with van der Waals surface area (Å²) in [5.74, 6) is -1.89. The van der Waals surface area contributed by atoms with Crippen LogP contribution in [0.5, 0.6) is 11.5 Å². The first-order valence-corrected chi connectivity index (χ1v) is 3.82. The van der Waals surface area contributed by atoms with Crippen LogP contribution in [0.15, 0.2) is 12.1 Å². The predicted molar refractivity (Wildman–Crippen MR) is 39.3 cm³/mol. The average Bonchev–Trinajstić information content (AvgIpc) is 2.06. The molecule has 0 saturated heterocycles. The van der Waals surface area contributed by atoms with Gasteiger partial charge in [0.2, 0.25) is 0 Å². The van der Waals surface area contributed by atoms with E-state index in [2.05, 4.69) is 0 Å². The Morgan fingerprint density at radius 2 is 2.00 bits per heavy atom. The van der Waals surface area contributed by atoms with Crippen molar-refractivity contribution in [2.24, 2.45) is 0 Å². The Bertz CT molecular complexity index is 284. The van der Waals surface area contributed by atoms with E-state index in [4.69, 9.17) is 0 Å². The molecule has 0 radical (unpaired) electrons. The van der Waals surface area contributed by atoms with Crippen LogP contribution in [0.3, 0.4) is 0 Å². The molecule has 0 atom stereocenters. The quantitative estimate of drug-likeness (QED) is 0.659. The minimum atomic E-state index is -0.697. The molecule has 0 aromatic heterocycles. The lowest BCUT2D eigenvalue weighted by atomic mass is 10.1. The monoisotopic (exact) mass is 168 g/mol. The lowest BCUT2D eigenvalue weighted by Crippen LogP contribution is -2.05. The number of hydrogen-bond donors (Lipinski definition) is 0. The van der Waals surface area contributed by atoms with Crippen LogP contribution in [0.4, 0.5) is 4.39 Å². The van der Waals surface area contributed by atoms with Crippen LogP contribution in [0.2, 0.25) is 0 Å². The zero-order valence-corrected chi connectivity index (χ0v) is 6.76. The van der Waals surface area contributed by atoms with Crippen LogP contribution in [0, 0.1) is 5.82 Å². The van der Waals surface area contributed by atoms with Crippen molar-refractivity contribution >= 4 is 0 Å². The maximum Gasteiger partial charge on any atom is 0.125 e. The highest BCUT2D eigenvalue weighted by Gasteiger charge is 2.00. The van der Waals surface area contributed by atoms with E-state index >= 15 is 0 Å². The van der Waals surface area contributed by atoms with Gasteiger partial charge >= 0.3 is 0 Å². The molecule has 0 N–H and O–H groups in total. The average molecular weight is 168 g/mol. The summed E-state index contributed by atoms with van der Waals surface area (Å²) in [6.07, 6.45) is 0.996. The molecule has 0 unspecified atom stereocenters. The molecule has 3 heteroatoms. The zero-order valence-electron chi connectivity index (χ0n) is 6.76. The third-order valence-corrected chi connectivity index (χ3v) is 1.67. The Balaban J connectivity index is 3.14. The standard InChI is InChI=1S/C9H11FO2/c1-2-3-6-7(10)4-5-8(11)9(6)12/h4-5,11-12H,2-3H2,1H3/p-2. The van der Waals surface area contributed by atoms with E-state index in [1.165, 1.54) is 0 Å². The summed E-state index contributed by atoms with van der Waals surface area (Å²) in [5.41, 5.74) is 0.0185. The maximum atomic E-state index is 12.9. The molecule has 0 aliphatic heterocycles. The van der Waals surface area contributed by atoms with Gasteiger partial charge in [0.1, 0.15) is 5.82 Å². The van der Waals surface area contributed by atoms with Gasteiger partial charge in [-0.3, -0.25) is 0 Å². The maximum absolute atomic E-state index is 12.9. The summed E-state index contributed by atoms with van der Waals surface area (Å²) in [5, 5.41) is 21.8. The SMILES string of the molecule is CCCc1c(F)ccc([O-])c1[O-]. The Labute approximate surface area is 70.3 Å². The van der Waals surface area contributed by atoms with Gasteiger partial charge in [-0.05, 0) is 18.1 Å². The van der Waals surface area contributed by atoms with E-state index in [1.54, 1.807) is 0 Å². The zero-order chi connectivity index (χ0) is 9.14. The minimum absolute atomic E-state index is 0.0185. The van der Waals surface area contributed by atoms with E-state index in [9.17, 15) is 14.6 Å². The second-order valence-electron chi connectivity index (χ2n) is 2.60. The second-order valence-corrected chi connectivity index (χ2v) is 2.60. The smallest absolute Gasteiger partial charge is 0.125 e. The van der Waals surface area contributed by atoms with Crippen LogP contribution in [-0.4, -0.2) is 0 Å². The van der Waals surface area contributed by atoms with Crippen LogP contribution in [0.25, 0.3) is 0 Å². The van der Waals surface area contributed by atoms with Gasteiger partial charge in [-0.15, -0.1) is 11.5 Å². The molecular weight excluding hydrogens is 159 g/mol. The number of benzene rings is 1. The van der Waals surface area contributed by atoms with Gasteiger partial charge in [0.25, 0.3) is 0 Å². The second kappa shape index (κ2) is 3.43. The summed E-state index contributed by atoms with van der Waals surface area (Å²) in [4.78, 5) is 0. The van der Waals surface area contributed by atoms with Gasteiger partial charge in [-0.25, -0.2) is 4.39 Å².